The number of rotatable bonds is 5. The van der Waals surface area contributed by atoms with E-state index < -0.39 is 0 Å². The van der Waals surface area contributed by atoms with E-state index in [1.54, 1.807) is 0 Å². The van der Waals surface area contributed by atoms with Crippen LogP contribution in [0.4, 0.5) is 0 Å². The minimum atomic E-state index is -0.0763. The second-order valence-electron chi connectivity index (χ2n) is 14.2. The molecule has 0 saturated carbocycles. The molecule has 2 heterocycles. The van der Waals surface area contributed by atoms with Crippen molar-refractivity contribution in [2.45, 2.75) is 19.3 Å². The summed E-state index contributed by atoms with van der Waals surface area (Å²) in [4.78, 5) is 0. The molecule has 0 saturated heterocycles. The Morgan fingerprint density at radius 3 is 1.65 bits per heavy atom. The topological polar surface area (TPSA) is 9.86 Å². The van der Waals surface area contributed by atoms with Crippen LogP contribution in [0.3, 0.4) is 0 Å². The first-order valence-corrected chi connectivity index (χ1v) is 17.8. The van der Waals surface area contributed by atoms with Crippen molar-refractivity contribution in [3.05, 3.63) is 193 Å². The summed E-state index contributed by atoms with van der Waals surface area (Å²) in [7, 11) is 0. The lowest BCUT2D eigenvalue weighted by Crippen LogP contribution is -2.15. The molecular formula is C49H36N2. The number of para-hydroxylation sites is 1. The molecule has 0 aliphatic heterocycles. The van der Waals surface area contributed by atoms with Crippen LogP contribution in [0.15, 0.2) is 182 Å². The summed E-state index contributed by atoms with van der Waals surface area (Å²) < 4.78 is 4.84. The van der Waals surface area contributed by atoms with Crippen molar-refractivity contribution in [3.8, 4) is 56.1 Å². The lowest BCUT2D eigenvalue weighted by molar-refractivity contribution is 0.660. The maximum absolute atomic E-state index is 2.46. The second-order valence-corrected chi connectivity index (χ2v) is 14.2. The smallest absolute Gasteiger partial charge is 0.0541 e. The zero-order valence-electron chi connectivity index (χ0n) is 28.7. The van der Waals surface area contributed by atoms with E-state index in [4.69, 9.17) is 0 Å². The van der Waals surface area contributed by atoms with Crippen LogP contribution >= 0.6 is 0 Å². The summed E-state index contributed by atoms with van der Waals surface area (Å²) >= 11 is 0. The van der Waals surface area contributed by atoms with Crippen LogP contribution < -0.4 is 0 Å². The Labute approximate surface area is 298 Å². The van der Waals surface area contributed by atoms with Crippen LogP contribution in [-0.2, 0) is 5.41 Å². The third kappa shape index (κ3) is 4.64. The molecule has 242 valence electrons. The summed E-state index contributed by atoms with van der Waals surface area (Å²) in [6.45, 7) is 4.71. The van der Waals surface area contributed by atoms with Gasteiger partial charge < -0.3 is 9.13 Å². The average Bonchev–Trinajstić information content (AvgIpc) is 3.83. The molecule has 0 N–H and O–H groups in total. The first-order valence-electron chi connectivity index (χ1n) is 17.8. The van der Waals surface area contributed by atoms with Gasteiger partial charge in [-0.1, -0.05) is 141 Å². The maximum atomic E-state index is 2.46. The Kier molecular flexibility index (Phi) is 6.56. The van der Waals surface area contributed by atoms with Gasteiger partial charge in [-0.3, -0.25) is 0 Å². The van der Waals surface area contributed by atoms with Gasteiger partial charge in [0.25, 0.3) is 0 Å². The Morgan fingerprint density at radius 2 is 0.922 bits per heavy atom. The van der Waals surface area contributed by atoms with Crippen LogP contribution in [0.5, 0.6) is 0 Å². The standard InChI is InChI=1S/C49H36N2/c1-49(2)43-21-13-12-20-41(43)42-26-25-40(32-44(42)49)51-46(33-14-6-3-7-15-33)30-37-23-22-36(29-48(37)51)35-24-27-45-38(28-35)31-47(34-16-8-4-9-17-34)50(45)39-18-10-5-11-19-39/h3-32H,1-2H3. The summed E-state index contributed by atoms with van der Waals surface area (Å²) in [5, 5.41) is 2.44. The predicted molar refractivity (Wildman–Crippen MR) is 214 cm³/mol. The third-order valence-electron chi connectivity index (χ3n) is 10.9. The van der Waals surface area contributed by atoms with E-state index in [1.165, 1.54) is 83.4 Å². The SMILES string of the molecule is CC1(C)c2ccccc2-c2ccc(-n3c(-c4ccccc4)cc4ccc(-c5ccc6c(c5)cc(-c5ccccc5)n6-c5ccccc5)cc43)cc21. The summed E-state index contributed by atoms with van der Waals surface area (Å²) in [6.07, 6.45) is 0. The van der Waals surface area contributed by atoms with Gasteiger partial charge >= 0.3 is 0 Å². The fourth-order valence-electron chi connectivity index (χ4n) is 8.38. The molecule has 1 aliphatic carbocycles. The molecule has 2 heteroatoms. The zero-order valence-corrected chi connectivity index (χ0v) is 28.7. The quantitative estimate of drug-likeness (QED) is 0.175. The molecule has 2 nitrogen and oxygen atoms in total. The fourth-order valence-corrected chi connectivity index (χ4v) is 8.38. The Morgan fingerprint density at radius 1 is 0.353 bits per heavy atom. The van der Waals surface area contributed by atoms with Crippen molar-refractivity contribution in [2.75, 3.05) is 0 Å². The largest absolute Gasteiger partial charge is 0.309 e. The van der Waals surface area contributed by atoms with Gasteiger partial charge in [0.15, 0.2) is 0 Å². The Bertz CT molecular complexity index is 2750. The van der Waals surface area contributed by atoms with Crippen molar-refractivity contribution in [1.29, 1.82) is 0 Å². The molecule has 0 atom stereocenters. The number of aromatic nitrogens is 2. The highest BCUT2D eigenvalue weighted by Gasteiger charge is 2.35. The molecule has 0 amide bonds. The Balaban J connectivity index is 1.15. The van der Waals surface area contributed by atoms with Crippen molar-refractivity contribution >= 4 is 21.8 Å². The second kappa shape index (κ2) is 11.3. The number of nitrogens with zero attached hydrogens (tertiary/aromatic N) is 2. The lowest BCUT2D eigenvalue weighted by atomic mass is 9.82. The fraction of sp³-hybridized carbons (Fsp3) is 0.0612. The van der Waals surface area contributed by atoms with E-state index in [0.717, 1.165) is 5.69 Å². The predicted octanol–water partition coefficient (Wildman–Crippen LogP) is 12.9. The van der Waals surface area contributed by atoms with Crippen molar-refractivity contribution < 1.29 is 0 Å². The zero-order chi connectivity index (χ0) is 34.1. The van der Waals surface area contributed by atoms with Crippen LogP contribution in [-0.4, -0.2) is 9.13 Å². The first-order chi connectivity index (χ1) is 25.0. The highest BCUT2D eigenvalue weighted by molar-refractivity contribution is 5.96. The van der Waals surface area contributed by atoms with E-state index in [-0.39, 0.29) is 5.41 Å². The number of hydrogen-bond donors (Lipinski definition) is 0. The van der Waals surface area contributed by atoms with Gasteiger partial charge in [0.2, 0.25) is 0 Å². The van der Waals surface area contributed by atoms with Gasteiger partial charge in [0, 0.05) is 27.6 Å². The minimum Gasteiger partial charge on any atom is -0.309 e. The van der Waals surface area contributed by atoms with Gasteiger partial charge in [-0.05, 0) is 99.1 Å². The summed E-state index contributed by atoms with van der Waals surface area (Å²) in [5.41, 5.74) is 17.3. The highest BCUT2D eigenvalue weighted by Crippen LogP contribution is 2.49. The molecule has 0 unspecified atom stereocenters. The van der Waals surface area contributed by atoms with E-state index in [1.807, 2.05) is 0 Å². The van der Waals surface area contributed by atoms with Gasteiger partial charge in [-0.15, -0.1) is 0 Å². The summed E-state index contributed by atoms with van der Waals surface area (Å²) in [5.74, 6) is 0. The van der Waals surface area contributed by atoms with E-state index >= 15 is 0 Å². The normalized spacial score (nSPS) is 13.1. The van der Waals surface area contributed by atoms with Crippen LogP contribution in [0.25, 0.3) is 77.9 Å². The summed E-state index contributed by atoms with van der Waals surface area (Å²) in [6, 6.07) is 66.6. The average molecular weight is 653 g/mol. The maximum Gasteiger partial charge on any atom is 0.0541 e. The number of hydrogen-bond acceptors (Lipinski definition) is 0. The molecular weight excluding hydrogens is 617 g/mol. The number of fused-ring (bicyclic) bond motifs is 5. The minimum absolute atomic E-state index is 0.0763. The van der Waals surface area contributed by atoms with Crippen molar-refractivity contribution in [1.82, 2.24) is 9.13 Å². The van der Waals surface area contributed by atoms with Crippen molar-refractivity contribution in [3.63, 3.8) is 0 Å². The monoisotopic (exact) mass is 652 g/mol. The molecule has 10 rings (SSSR count). The molecule has 0 radical (unpaired) electrons. The van der Waals surface area contributed by atoms with Crippen LogP contribution in [0.1, 0.15) is 25.0 Å². The first kappa shape index (κ1) is 29.5. The molecule has 9 aromatic rings. The van der Waals surface area contributed by atoms with Crippen molar-refractivity contribution in [2.24, 2.45) is 0 Å². The van der Waals surface area contributed by atoms with E-state index in [9.17, 15) is 0 Å². The molecule has 0 fully saturated rings. The van der Waals surface area contributed by atoms with Crippen LogP contribution in [0.2, 0.25) is 0 Å². The molecule has 2 aromatic heterocycles. The van der Waals surface area contributed by atoms with Crippen LogP contribution in [0, 0.1) is 0 Å². The molecule has 7 aromatic carbocycles. The third-order valence-corrected chi connectivity index (χ3v) is 10.9. The van der Waals surface area contributed by atoms with Gasteiger partial charge in [0.05, 0.1) is 22.4 Å². The van der Waals surface area contributed by atoms with Gasteiger partial charge in [0.1, 0.15) is 0 Å². The number of benzene rings is 7. The molecule has 0 bridgehead atoms. The molecule has 0 spiro atoms. The van der Waals surface area contributed by atoms with Gasteiger partial charge in [-0.2, -0.15) is 0 Å². The highest BCUT2D eigenvalue weighted by atomic mass is 15.0. The lowest BCUT2D eigenvalue weighted by Gasteiger charge is -2.22. The molecule has 51 heavy (non-hydrogen) atoms. The molecule has 1 aliphatic rings. The van der Waals surface area contributed by atoms with E-state index in [0.29, 0.717) is 0 Å². The van der Waals surface area contributed by atoms with Gasteiger partial charge in [-0.25, -0.2) is 0 Å². The Hall–Kier alpha value is -6.38. The van der Waals surface area contributed by atoms with E-state index in [2.05, 4.69) is 205 Å².